The molecule has 2 aromatic carbocycles. The molecule has 1 heterocycles. The van der Waals surface area contributed by atoms with Crippen LogP contribution in [0.5, 0.6) is 17.2 Å². The van der Waals surface area contributed by atoms with Crippen LogP contribution in [0.1, 0.15) is 0 Å². The number of benzene rings is 2. The van der Waals surface area contributed by atoms with Crippen molar-refractivity contribution in [2.75, 3.05) is 0 Å². The Morgan fingerprint density at radius 3 is 2.17 bits per heavy atom. The van der Waals surface area contributed by atoms with E-state index in [4.69, 9.17) is 0 Å². The van der Waals surface area contributed by atoms with Crippen LogP contribution in [0.15, 0.2) is 42.5 Å². The SMILES string of the molecule is Oc1cc(O)cc(-c2cc3ccc(O)cc3s2)c1. The molecule has 0 amide bonds. The molecule has 3 N–H and O–H groups in total. The summed E-state index contributed by atoms with van der Waals surface area (Å²) in [6.07, 6.45) is 0. The Morgan fingerprint density at radius 2 is 1.44 bits per heavy atom. The molecule has 3 aromatic rings. The van der Waals surface area contributed by atoms with E-state index in [9.17, 15) is 15.3 Å². The van der Waals surface area contributed by atoms with E-state index in [1.165, 1.54) is 17.4 Å². The highest BCUT2D eigenvalue weighted by Gasteiger charge is 2.07. The second-order valence-electron chi connectivity index (χ2n) is 4.07. The smallest absolute Gasteiger partial charge is 0.119 e. The molecule has 90 valence electrons. The number of hydrogen-bond acceptors (Lipinski definition) is 4. The normalized spacial score (nSPS) is 10.9. The number of hydrogen-bond donors (Lipinski definition) is 3. The molecule has 0 saturated carbocycles. The fourth-order valence-corrected chi connectivity index (χ4v) is 2.98. The van der Waals surface area contributed by atoms with Gasteiger partial charge in [-0.3, -0.25) is 0 Å². The minimum atomic E-state index is 0.0327. The summed E-state index contributed by atoms with van der Waals surface area (Å²) in [7, 11) is 0. The molecule has 0 unspecified atom stereocenters. The van der Waals surface area contributed by atoms with Crippen molar-refractivity contribution < 1.29 is 15.3 Å². The molecule has 0 spiro atoms. The molecule has 0 saturated heterocycles. The largest absolute Gasteiger partial charge is 0.508 e. The van der Waals surface area contributed by atoms with Crippen molar-refractivity contribution in [3.05, 3.63) is 42.5 Å². The van der Waals surface area contributed by atoms with Gasteiger partial charge in [-0.2, -0.15) is 0 Å². The quantitative estimate of drug-likeness (QED) is 0.624. The van der Waals surface area contributed by atoms with Crippen LogP contribution < -0.4 is 0 Å². The van der Waals surface area contributed by atoms with Crippen molar-refractivity contribution >= 4 is 21.4 Å². The molecule has 0 fully saturated rings. The predicted molar refractivity (Wildman–Crippen MR) is 72.3 cm³/mol. The third-order valence-electron chi connectivity index (χ3n) is 2.69. The van der Waals surface area contributed by atoms with Gasteiger partial charge >= 0.3 is 0 Å². The lowest BCUT2D eigenvalue weighted by atomic mass is 10.1. The summed E-state index contributed by atoms with van der Waals surface area (Å²) in [5.41, 5.74) is 0.758. The molecule has 0 atom stereocenters. The van der Waals surface area contributed by atoms with Crippen LogP contribution >= 0.6 is 11.3 Å². The van der Waals surface area contributed by atoms with E-state index in [2.05, 4.69) is 0 Å². The van der Waals surface area contributed by atoms with Crippen LogP contribution in [0, 0.1) is 0 Å². The lowest BCUT2D eigenvalue weighted by Crippen LogP contribution is -1.72. The van der Waals surface area contributed by atoms with Gasteiger partial charge in [0.1, 0.15) is 17.2 Å². The van der Waals surface area contributed by atoms with E-state index in [1.807, 2.05) is 12.1 Å². The first-order valence-corrected chi connectivity index (χ1v) is 6.19. The Hall–Kier alpha value is -2.20. The van der Waals surface area contributed by atoms with Gasteiger partial charge in [-0.05, 0) is 47.3 Å². The highest BCUT2D eigenvalue weighted by molar-refractivity contribution is 7.22. The standard InChI is InChI=1S/C14H10O3S/c15-10-2-1-8-5-13(18-14(8)7-10)9-3-11(16)6-12(17)4-9/h1-7,15-17H. The van der Waals surface area contributed by atoms with E-state index in [0.29, 0.717) is 0 Å². The number of phenolic OH excluding ortho intramolecular Hbond substituents is 3. The molecule has 3 rings (SSSR count). The molecule has 1 aromatic heterocycles. The second-order valence-corrected chi connectivity index (χ2v) is 5.15. The summed E-state index contributed by atoms with van der Waals surface area (Å²) in [5, 5.41) is 29.4. The molecular formula is C14H10O3S. The highest BCUT2D eigenvalue weighted by atomic mass is 32.1. The van der Waals surface area contributed by atoms with E-state index in [1.54, 1.807) is 24.3 Å². The van der Waals surface area contributed by atoms with Crippen molar-refractivity contribution in [1.82, 2.24) is 0 Å². The minimum Gasteiger partial charge on any atom is -0.508 e. The second kappa shape index (κ2) is 3.92. The summed E-state index contributed by atoms with van der Waals surface area (Å²) in [4.78, 5) is 0.932. The van der Waals surface area contributed by atoms with Gasteiger partial charge < -0.3 is 15.3 Å². The average Bonchev–Trinajstić information content (AvgIpc) is 2.70. The fourth-order valence-electron chi connectivity index (χ4n) is 1.90. The summed E-state index contributed by atoms with van der Waals surface area (Å²) < 4.78 is 0.966. The van der Waals surface area contributed by atoms with Crippen molar-refractivity contribution in [3.8, 4) is 27.7 Å². The minimum absolute atomic E-state index is 0.0327. The van der Waals surface area contributed by atoms with Crippen LogP contribution in [0.25, 0.3) is 20.5 Å². The van der Waals surface area contributed by atoms with Crippen LogP contribution in [-0.4, -0.2) is 15.3 Å². The first-order valence-electron chi connectivity index (χ1n) is 5.38. The highest BCUT2D eigenvalue weighted by Crippen LogP contribution is 2.37. The van der Waals surface area contributed by atoms with Gasteiger partial charge in [-0.25, -0.2) is 0 Å². The zero-order valence-corrected chi connectivity index (χ0v) is 10.1. The summed E-state index contributed by atoms with van der Waals surface area (Å²) >= 11 is 1.50. The van der Waals surface area contributed by atoms with E-state index < -0.39 is 0 Å². The Kier molecular flexibility index (Phi) is 2.38. The van der Waals surface area contributed by atoms with Crippen molar-refractivity contribution in [3.63, 3.8) is 0 Å². The van der Waals surface area contributed by atoms with Crippen molar-refractivity contribution in [2.24, 2.45) is 0 Å². The fraction of sp³-hybridized carbons (Fsp3) is 0. The molecule has 0 aliphatic rings. The predicted octanol–water partition coefficient (Wildman–Crippen LogP) is 3.69. The van der Waals surface area contributed by atoms with E-state index in [-0.39, 0.29) is 17.2 Å². The Labute approximate surface area is 107 Å². The third kappa shape index (κ3) is 1.87. The molecule has 0 aliphatic heterocycles. The Morgan fingerprint density at radius 1 is 0.722 bits per heavy atom. The van der Waals surface area contributed by atoms with Crippen LogP contribution in [-0.2, 0) is 0 Å². The van der Waals surface area contributed by atoms with Gasteiger partial charge in [0.25, 0.3) is 0 Å². The molecule has 3 nitrogen and oxygen atoms in total. The van der Waals surface area contributed by atoms with Crippen LogP contribution in [0.2, 0.25) is 0 Å². The van der Waals surface area contributed by atoms with Gasteiger partial charge in [0.15, 0.2) is 0 Å². The van der Waals surface area contributed by atoms with Gasteiger partial charge in [0.05, 0.1) is 0 Å². The van der Waals surface area contributed by atoms with Crippen molar-refractivity contribution in [1.29, 1.82) is 0 Å². The van der Waals surface area contributed by atoms with Crippen molar-refractivity contribution in [2.45, 2.75) is 0 Å². The van der Waals surface area contributed by atoms with E-state index >= 15 is 0 Å². The molecule has 18 heavy (non-hydrogen) atoms. The average molecular weight is 258 g/mol. The number of aromatic hydroxyl groups is 3. The lowest BCUT2D eigenvalue weighted by Gasteiger charge is -2.00. The summed E-state index contributed by atoms with van der Waals surface area (Å²) in [6.45, 7) is 0. The maximum Gasteiger partial charge on any atom is 0.119 e. The topological polar surface area (TPSA) is 60.7 Å². The van der Waals surface area contributed by atoms with Gasteiger partial charge in [-0.1, -0.05) is 0 Å². The summed E-state index contributed by atoms with van der Waals surface area (Å²) in [6, 6.07) is 11.6. The maximum absolute atomic E-state index is 9.48. The molecule has 0 radical (unpaired) electrons. The van der Waals surface area contributed by atoms with Gasteiger partial charge in [0, 0.05) is 15.6 Å². The Balaban J connectivity index is 2.19. The summed E-state index contributed by atoms with van der Waals surface area (Å²) in [5.74, 6) is 0.297. The van der Waals surface area contributed by atoms with Crippen LogP contribution in [0.3, 0.4) is 0 Å². The maximum atomic E-state index is 9.48. The first kappa shape index (κ1) is 10.9. The molecular weight excluding hydrogens is 248 g/mol. The number of thiophene rings is 1. The Bertz CT molecular complexity index is 711. The zero-order chi connectivity index (χ0) is 12.7. The van der Waals surface area contributed by atoms with E-state index in [0.717, 1.165) is 20.5 Å². The number of fused-ring (bicyclic) bond motifs is 1. The lowest BCUT2D eigenvalue weighted by molar-refractivity contribution is 0.451. The monoisotopic (exact) mass is 258 g/mol. The number of rotatable bonds is 1. The zero-order valence-electron chi connectivity index (χ0n) is 9.29. The third-order valence-corrected chi connectivity index (χ3v) is 3.84. The molecule has 0 aliphatic carbocycles. The first-order chi connectivity index (χ1) is 8.61. The number of phenols is 3. The molecule has 0 bridgehead atoms. The van der Waals surface area contributed by atoms with Gasteiger partial charge in [0.2, 0.25) is 0 Å². The van der Waals surface area contributed by atoms with Gasteiger partial charge in [-0.15, -0.1) is 11.3 Å². The molecule has 4 heteroatoms. The van der Waals surface area contributed by atoms with Crippen LogP contribution in [0.4, 0.5) is 0 Å².